The Balaban J connectivity index is 2.14. The van der Waals surface area contributed by atoms with Crippen LogP contribution in [-0.4, -0.2) is 0 Å². The Morgan fingerprint density at radius 3 is 2.62 bits per heavy atom. The topological polar surface area (TPSA) is 38.0 Å². The molecule has 0 bridgehead atoms. The van der Waals surface area contributed by atoms with Gasteiger partial charge in [-0.3, -0.25) is 11.3 Å². The highest BCUT2D eigenvalue weighted by Crippen LogP contribution is 2.34. The van der Waals surface area contributed by atoms with E-state index in [0.717, 1.165) is 0 Å². The fraction of sp³-hybridized carbons (Fsp3) is 0.538. The monoisotopic (exact) mass is 330 g/mol. The number of halogens is 1. The first-order valence-corrected chi connectivity index (χ1v) is 7.10. The average Bonchev–Trinajstić information content (AvgIpc) is 2.31. The van der Waals surface area contributed by atoms with Gasteiger partial charge in [-0.1, -0.05) is 31.4 Å². The van der Waals surface area contributed by atoms with Crippen molar-refractivity contribution in [1.82, 2.24) is 5.43 Å². The zero-order valence-electron chi connectivity index (χ0n) is 9.45. The van der Waals surface area contributed by atoms with Crippen LogP contribution in [-0.2, 0) is 0 Å². The Bertz CT molecular complexity index is 334. The first kappa shape index (κ1) is 12.3. The van der Waals surface area contributed by atoms with Crippen molar-refractivity contribution >= 4 is 22.6 Å². The fourth-order valence-electron chi connectivity index (χ4n) is 2.67. The zero-order valence-corrected chi connectivity index (χ0v) is 11.6. The van der Waals surface area contributed by atoms with Crippen LogP contribution in [0.15, 0.2) is 24.3 Å². The van der Waals surface area contributed by atoms with Crippen molar-refractivity contribution in [2.75, 3.05) is 0 Å². The van der Waals surface area contributed by atoms with E-state index in [1.165, 1.54) is 41.2 Å². The van der Waals surface area contributed by atoms with Crippen LogP contribution in [0.4, 0.5) is 0 Å². The van der Waals surface area contributed by atoms with Crippen molar-refractivity contribution in [3.8, 4) is 0 Å². The molecule has 0 radical (unpaired) electrons. The van der Waals surface area contributed by atoms with Gasteiger partial charge in [0, 0.05) is 9.61 Å². The van der Waals surface area contributed by atoms with E-state index in [-0.39, 0.29) is 0 Å². The molecule has 2 nitrogen and oxygen atoms in total. The van der Waals surface area contributed by atoms with Gasteiger partial charge in [-0.2, -0.15) is 0 Å². The summed E-state index contributed by atoms with van der Waals surface area (Å²) in [7, 11) is 0. The second-order valence-corrected chi connectivity index (χ2v) is 5.84. The molecule has 0 saturated heterocycles. The molecule has 88 valence electrons. The van der Waals surface area contributed by atoms with Crippen LogP contribution in [0.2, 0.25) is 0 Å². The van der Waals surface area contributed by atoms with Gasteiger partial charge in [-0.05, 0) is 59.0 Å². The summed E-state index contributed by atoms with van der Waals surface area (Å²) in [5.41, 5.74) is 4.35. The molecule has 0 amide bonds. The highest BCUT2D eigenvalue weighted by atomic mass is 127. The Hall–Kier alpha value is -0.130. The first-order chi connectivity index (χ1) is 7.81. The van der Waals surface area contributed by atoms with Crippen LogP contribution in [0.3, 0.4) is 0 Å². The predicted molar refractivity (Wildman–Crippen MR) is 75.8 cm³/mol. The van der Waals surface area contributed by atoms with Crippen LogP contribution in [0, 0.1) is 9.49 Å². The Morgan fingerprint density at radius 2 is 2.00 bits per heavy atom. The summed E-state index contributed by atoms with van der Waals surface area (Å²) in [5.74, 6) is 6.44. The molecule has 1 aromatic carbocycles. The van der Waals surface area contributed by atoms with E-state index in [4.69, 9.17) is 5.84 Å². The molecule has 1 aliphatic carbocycles. The number of nitrogens with two attached hydrogens (primary N) is 1. The lowest BCUT2D eigenvalue weighted by molar-refractivity contribution is 0.273. The lowest BCUT2D eigenvalue weighted by Gasteiger charge is -2.30. The maximum absolute atomic E-state index is 5.73. The number of nitrogens with one attached hydrogen (secondary N) is 1. The molecule has 1 fully saturated rings. The minimum atomic E-state index is 0.329. The molecular formula is C13H19IN2. The van der Waals surface area contributed by atoms with Gasteiger partial charge in [0.2, 0.25) is 0 Å². The van der Waals surface area contributed by atoms with Crippen LogP contribution < -0.4 is 11.3 Å². The normalized spacial score (nSPS) is 19.6. The summed E-state index contributed by atoms with van der Waals surface area (Å²) in [6.45, 7) is 0. The number of rotatable bonds is 3. The summed E-state index contributed by atoms with van der Waals surface area (Å²) in [4.78, 5) is 0. The summed E-state index contributed by atoms with van der Waals surface area (Å²) < 4.78 is 1.28. The average molecular weight is 330 g/mol. The number of hydrazine groups is 1. The molecule has 16 heavy (non-hydrogen) atoms. The van der Waals surface area contributed by atoms with Crippen molar-refractivity contribution in [3.05, 3.63) is 33.4 Å². The molecule has 1 saturated carbocycles. The molecule has 0 aliphatic heterocycles. The highest BCUT2D eigenvalue weighted by Gasteiger charge is 2.23. The van der Waals surface area contributed by atoms with Gasteiger partial charge in [0.15, 0.2) is 0 Å². The van der Waals surface area contributed by atoms with E-state index in [2.05, 4.69) is 52.3 Å². The third kappa shape index (κ3) is 2.96. The third-order valence-corrected chi connectivity index (χ3v) is 4.18. The van der Waals surface area contributed by atoms with Gasteiger partial charge in [0.1, 0.15) is 0 Å². The molecule has 1 aliphatic rings. The molecule has 1 unspecified atom stereocenters. The van der Waals surface area contributed by atoms with Gasteiger partial charge in [-0.25, -0.2) is 0 Å². The van der Waals surface area contributed by atoms with E-state index in [1.54, 1.807) is 0 Å². The molecule has 1 aromatic rings. The lowest BCUT2D eigenvalue weighted by Crippen LogP contribution is -2.34. The fourth-order valence-corrected chi connectivity index (χ4v) is 3.24. The summed E-state index contributed by atoms with van der Waals surface area (Å²) in [5, 5.41) is 0. The van der Waals surface area contributed by atoms with Crippen molar-refractivity contribution in [1.29, 1.82) is 0 Å². The Labute approximate surface area is 111 Å². The van der Waals surface area contributed by atoms with Crippen LogP contribution in [0.1, 0.15) is 43.7 Å². The molecule has 2 rings (SSSR count). The molecular weight excluding hydrogens is 311 g/mol. The molecule has 3 N–H and O–H groups in total. The van der Waals surface area contributed by atoms with Crippen molar-refractivity contribution < 1.29 is 0 Å². The molecule has 0 heterocycles. The van der Waals surface area contributed by atoms with Crippen LogP contribution >= 0.6 is 22.6 Å². The van der Waals surface area contributed by atoms with Crippen molar-refractivity contribution in [3.63, 3.8) is 0 Å². The van der Waals surface area contributed by atoms with Gasteiger partial charge >= 0.3 is 0 Å². The maximum Gasteiger partial charge on any atom is 0.0488 e. The Morgan fingerprint density at radius 1 is 1.25 bits per heavy atom. The molecule has 0 aromatic heterocycles. The van der Waals surface area contributed by atoms with Gasteiger partial charge in [-0.15, -0.1) is 0 Å². The van der Waals surface area contributed by atoms with Gasteiger partial charge in [0.25, 0.3) is 0 Å². The molecule has 3 heteroatoms. The smallest absolute Gasteiger partial charge is 0.0488 e. The summed E-state index contributed by atoms with van der Waals surface area (Å²) in [6.07, 6.45) is 6.71. The number of hydrogen-bond acceptors (Lipinski definition) is 2. The Kier molecular flexibility index (Phi) is 4.61. The molecule has 1 atom stereocenters. The van der Waals surface area contributed by atoms with E-state index in [0.29, 0.717) is 12.0 Å². The zero-order chi connectivity index (χ0) is 11.4. The largest absolute Gasteiger partial charge is 0.271 e. The van der Waals surface area contributed by atoms with Gasteiger partial charge in [0.05, 0.1) is 0 Å². The second-order valence-electron chi connectivity index (χ2n) is 4.60. The SMILES string of the molecule is NNC(c1cccc(I)c1)C1CCCCC1. The minimum Gasteiger partial charge on any atom is -0.271 e. The third-order valence-electron chi connectivity index (χ3n) is 3.51. The van der Waals surface area contributed by atoms with E-state index >= 15 is 0 Å². The number of hydrogen-bond donors (Lipinski definition) is 2. The summed E-state index contributed by atoms with van der Waals surface area (Å²) >= 11 is 2.36. The van der Waals surface area contributed by atoms with Crippen molar-refractivity contribution in [2.45, 2.75) is 38.1 Å². The van der Waals surface area contributed by atoms with Gasteiger partial charge < -0.3 is 0 Å². The minimum absolute atomic E-state index is 0.329. The first-order valence-electron chi connectivity index (χ1n) is 6.03. The predicted octanol–water partition coefficient (Wildman–Crippen LogP) is 3.38. The second kappa shape index (κ2) is 5.98. The van der Waals surface area contributed by atoms with Crippen LogP contribution in [0.25, 0.3) is 0 Å². The van der Waals surface area contributed by atoms with E-state index < -0.39 is 0 Å². The standard InChI is InChI=1S/C13H19IN2/c14-12-8-4-7-11(9-12)13(16-15)10-5-2-1-3-6-10/h4,7-10,13,16H,1-3,5-6,15H2. The van der Waals surface area contributed by atoms with E-state index in [9.17, 15) is 0 Å². The van der Waals surface area contributed by atoms with E-state index in [1.807, 2.05) is 0 Å². The quantitative estimate of drug-likeness (QED) is 0.507. The maximum atomic E-state index is 5.73. The number of benzene rings is 1. The molecule has 0 spiro atoms. The summed E-state index contributed by atoms with van der Waals surface area (Å²) in [6, 6.07) is 8.99. The van der Waals surface area contributed by atoms with Crippen molar-refractivity contribution in [2.24, 2.45) is 11.8 Å². The lowest BCUT2D eigenvalue weighted by atomic mass is 9.81. The van der Waals surface area contributed by atoms with Crippen LogP contribution in [0.5, 0.6) is 0 Å². The highest BCUT2D eigenvalue weighted by molar-refractivity contribution is 14.1.